The Balaban J connectivity index is 2.80. The van der Waals surface area contributed by atoms with Crippen LogP contribution < -0.4 is 5.73 Å². The highest BCUT2D eigenvalue weighted by atomic mass is 32.1. The minimum Gasteiger partial charge on any atom is -0.323 e. The Kier molecular flexibility index (Phi) is 3.27. The number of thiophene rings is 1. The summed E-state index contributed by atoms with van der Waals surface area (Å²) in [5.41, 5.74) is 5.77. The average Bonchev–Trinajstić information content (AvgIpc) is 2.47. The smallest absolute Gasteiger partial charge is 0.249 e. The molecule has 0 aliphatic rings. The Morgan fingerprint density at radius 2 is 2.00 bits per heavy atom. The van der Waals surface area contributed by atoms with Gasteiger partial charge in [0.2, 0.25) is 5.92 Å². The van der Waals surface area contributed by atoms with Crippen molar-refractivity contribution in [3.8, 4) is 0 Å². The number of hydrogen-bond donors (Lipinski definition) is 1. The van der Waals surface area contributed by atoms with E-state index in [0.29, 0.717) is 0 Å². The average molecular weight is 219 g/mol. The second-order valence-corrected chi connectivity index (χ2v) is 5.04. The maximum absolute atomic E-state index is 13.0. The number of nitrogens with two attached hydrogens (primary N) is 1. The predicted octanol–water partition coefficient (Wildman–Crippen LogP) is 3.35. The zero-order valence-electron chi connectivity index (χ0n) is 8.55. The normalized spacial score (nSPS) is 16.7. The van der Waals surface area contributed by atoms with Gasteiger partial charge in [0.05, 0.1) is 0 Å². The van der Waals surface area contributed by atoms with Gasteiger partial charge in [0.25, 0.3) is 0 Å². The summed E-state index contributed by atoms with van der Waals surface area (Å²) < 4.78 is 26.0. The van der Waals surface area contributed by atoms with Crippen LogP contribution in [0.5, 0.6) is 0 Å². The lowest BCUT2D eigenvalue weighted by Gasteiger charge is -2.24. The maximum Gasteiger partial charge on any atom is 0.249 e. The first-order chi connectivity index (χ1) is 6.32. The first kappa shape index (κ1) is 11.6. The van der Waals surface area contributed by atoms with Gasteiger partial charge < -0.3 is 5.73 Å². The van der Waals surface area contributed by atoms with Crippen molar-refractivity contribution in [2.45, 2.75) is 32.7 Å². The van der Waals surface area contributed by atoms with Crippen molar-refractivity contribution in [2.24, 2.45) is 11.7 Å². The highest BCUT2D eigenvalue weighted by Crippen LogP contribution is 2.35. The zero-order valence-corrected chi connectivity index (χ0v) is 9.37. The molecular formula is C10H15F2NS. The van der Waals surface area contributed by atoms with Crippen molar-refractivity contribution in [3.05, 3.63) is 21.9 Å². The third-order valence-electron chi connectivity index (χ3n) is 2.43. The molecule has 1 rings (SSSR count). The van der Waals surface area contributed by atoms with E-state index >= 15 is 0 Å². The largest absolute Gasteiger partial charge is 0.323 e. The summed E-state index contributed by atoms with van der Waals surface area (Å²) >= 11 is 1.48. The minimum absolute atomic E-state index is 0.575. The Morgan fingerprint density at radius 3 is 2.36 bits per heavy atom. The van der Waals surface area contributed by atoms with Crippen molar-refractivity contribution < 1.29 is 8.78 Å². The molecule has 1 aromatic heterocycles. The first-order valence-corrected chi connectivity index (χ1v) is 5.33. The van der Waals surface area contributed by atoms with Gasteiger partial charge in [-0.3, -0.25) is 0 Å². The van der Waals surface area contributed by atoms with Gasteiger partial charge in [-0.05, 0) is 26.0 Å². The second-order valence-electron chi connectivity index (χ2n) is 3.72. The fourth-order valence-electron chi connectivity index (χ4n) is 1.19. The lowest BCUT2D eigenvalue weighted by atomic mass is 9.95. The van der Waals surface area contributed by atoms with Crippen LogP contribution in [-0.4, -0.2) is 5.92 Å². The molecule has 14 heavy (non-hydrogen) atoms. The van der Waals surface area contributed by atoms with E-state index in [1.165, 1.54) is 18.3 Å². The molecule has 2 atom stereocenters. The Hall–Kier alpha value is -0.480. The van der Waals surface area contributed by atoms with Gasteiger partial charge in [-0.2, -0.15) is 0 Å². The van der Waals surface area contributed by atoms with Crippen LogP contribution >= 0.6 is 11.3 Å². The van der Waals surface area contributed by atoms with Gasteiger partial charge in [0.1, 0.15) is 0 Å². The van der Waals surface area contributed by atoms with Crippen LogP contribution in [-0.2, 0) is 0 Å². The van der Waals surface area contributed by atoms with Crippen LogP contribution in [0.3, 0.4) is 0 Å². The zero-order chi connectivity index (χ0) is 10.9. The molecule has 2 N–H and O–H groups in total. The molecule has 0 spiro atoms. The predicted molar refractivity (Wildman–Crippen MR) is 55.8 cm³/mol. The summed E-state index contributed by atoms with van der Waals surface area (Å²) in [6, 6.07) is 3.15. The molecule has 0 aliphatic heterocycles. The van der Waals surface area contributed by atoms with Crippen molar-refractivity contribution in [3.63, 3.8) is 0 Å². The quantitative estimate of drug-likeness (QED) is 0.829. The van der Waals surface area contributed by atoms with Crippen molar-refractivity contribution in [2.75, 3.05) is 0 Å². The molecule has 4 heteroatoms. The molecule has 0 radical (unpaired) electrons. The van der Waals surface area contributed by atoms with E-state index in [1.54, 1.807) is 0 Å². The molecule has 0 saturated heterocycles. The minimum atomic E-state index is -2.72. The summed E-state index contributed by atoms with van der Waals surface area (Å²) in [6.45, 7) is 4.34. The van der Waals surface area contributed by atoms with Crippen LogP contribution in [0.2, 0.25) is 0 Å². The third kappa shape index (κ3) is 2.51. The Morgan fingerprint density at radius 1 is 1.43 bits per heavy atom. The topological polar surface area (TPSA) is 26.0 Å². The highest BCUT2D eigenvalue weighted by molar-refractivity contribution is 7.12. The molecule has 1 aromatic rings. The summed E-state index contributed by atoms with van der Waals surface area (Å²) in [5.74, 6) is -3.56. The summed E-state index contributed by atoms with van der Waals surface area (Å²) in [6.07, 6.45) is 0. The summed E-state index contributed by atoms with van der Waals surface area (Å²) in [5, 5.41) is 0. The van der Waals surface area contributed by atoms with Gasteiger partial charge in [-0.15, -0.1) is 11.3 Å². The molecule has 1 heterocycles. The molecule has 0 amide bonds. The maximum atomic E-state index is 13.0. The van der Waals surface area contributed by atoms with Crippen LogP contribution in [0, 0.1) is 12.8 Å². The van der Waals surface area contributed by atoms with E-state index in [0.717, 1.165) is 16.7 Å². The number of alkyl halides is 2. The van der Waals surface area contributed by atoms with E-state index in [4.69, 9.17) is 5.73 Å². The van der Waals surface area contributed by atoms with E-state index in [9.17, 15) is 8.78 Å². The molecular weight excluding hydrogens is 204 g/mol. The molecule has 2 unspecified atom stereocenters. The Labute approximate surface area is 86.9 Å². The van der Waals surface area contributed by atoms with Crippen molar-refractivity contribution in [1.29, 1.82) is 0 Å². The van der Waals surface area contributed by atoms with E-state index < -0.39 is 17.9 Å². The Bertz CT molecular complexity index is 303. The van der Waals surface area contributed by atoms with E-state index in [2.05, 4.69) is 0 Å². The fraction of sp³-hybridized carbons (Fsp3) is 0.600. The van der Waals surface area contributed by atoms with Crippen molar-refractivity contribution >= 4 is 11.3 Å². The van der Waals surface area contributed by atoms with Gasteiger partial charge in [-0.1, -0.05) is 6.92 Å². The molecule has 1 nitrogen and oxygen atoms in total. The SMILES string of the molecule is Cc1ccc(C(N)C(C)C(C)(F)F)s1. The molecule has 0 saturated carbocycles. The van der Waals surface area contributed by atoms with Gasteiger partial charge in [0, 0.05) is 21.7 Å². The van der Waals surface area contributed by atoms with Crippen LogP contribution in [0.1, 0.15) is 29.6 Å². The molecule has 80 valence electrons. The monoisotopic (exact) mass is 219 g/mol. The third-order valence-corrected chi connectivity index (χ3v) is 3.53. The number of aryl methyl sites for hydroxylation is 1. The number of rotatable bonds is 3. The fourth-order valence-corrected chi connectivity index (χ4v) is 2.18. The van der Waals surface area contributed by atoms with Crippen molar-refractivity contribution in [1.82, 2.24) is 0 Å². The molecule has 0 fully saturated rings. The van der Waals surface area contributed by atoms with Crippen LogP contribution in [0.4, 0.5) is 8.78 Å². The molecule has 0 aromatic carbocycles. The lowest BCUT2D eigenvalue weighted by Crippen LogP contribution is -2.31. The van der Waals surface area contributed by atoms with E-state index in [1.807, 2.05) is 19.1 Å². The van der Waals surface area contributed by atoms with Gasteiger partial charge in [-0.25, -0.2) is 8.78 Å². The second kappa shape index (κ2) is 3.95. The van der Waals surface area contributed by atoms with Crippen LogP contribution in [0.15, 0.2) is 12.1 Å². The van der Waals surface area contributed by atoms with Gasteiger partial charge in [0.15, 0.2) is 0 Å². The van der Waals surface area contributed by atoms with Gasteiger partial charge >= 0.3 is 0 Å². The number of halogens is 2. The number of hydrogen-bond acceptors (Lipinski definition) is 2. The van der Waals surface area contributed by atoms with Crippen LogP contribution in [0.25, 0.3) is 0 Å². The lowest BCUT2D eigenvalue weighted by molar-refractivity contribution is -0.0416. The highest BCUT2D eigenvalue weighted by Gasteiger charge is 2.35. The summed E-state index contributed by atoms with van der Waals surface area (Å²) in [4.78, 5) is 1.93. The summed E-state index contributed by atoms with van der Waals surface area (Å²) in [7, 11) is 0. The molecule has 0 aliphatic carbocycles. The molecule has 0 bridgehead atoms. The standard InChI is InChI=1S/C10H15F2NS/c1-6-4-5-8(14-6)9(13)7(2)10(3,11)12/h4-5,7,9H,13H2,1-3H3. The van der Waals surface area contributed by atoms with E-state index in [-0.39, 0.29) is 0 Å². The first-order valence-electron chi connectivity index (χ1n) is 4.52.